The van der Waals surface area contributed by atoms with Gasteiger partial charge in [0.05, 0.1) is 6.10 Å². The quantitative estimate of drug-likeness (QED) is 0.434. The zero-order chi connectivity index (χ0) is 25.9. The van der Waals surface area contributed by atoms with Crippen LogP contribution in [0.2, 0.25) is 0 Å². The Morgan fingerprint density at radius 3 is 2.60 bits per heavy atom. The first kappa shape index (κ1) is 26.5. The van der Waals surface area contributed by atoms with Crippen molar-refractivity contribution in [1.29, 1.82) is 0 Å². The lowest BCUT2D eigenvalue weighted by Gasteiger charge is -2.35. The largest absolute Gasteiger partial charge is 0.481 e. The number of rotatable bonds is 8. The van der Waals surface area contributed by atoms with Crippen LogP contribution in [0.1, 0.15) is 74.4 Å². The number of carbonyl (C=O) groups is 4. The molecule has 1 aromatic rings. The molecule has 1 saturated carbocycles. The van der Waals surface area contributed by atoms with E-state index in [0.717, 1.165) is 17.5 Å². The van der Waals surface area contributed by atoms with Crippen molar-refractivity contribution < 1.29 is 34.1 Å². The summed E-state index contributed by atoms with van der Waals surface area (Å²) >= 11 is 0. The van der Waals surface area contributed by atoms with Crippen LogP contribution in [-0.2, 0) is 27.3 Å². The normalized spacial score (nSPS) is 22.9. The number of primary amides is 1. The number of carboxylic acids is 1. The Morgan fingerprint density at radius 2 is 1.97 bits per heavy atom. The van der Waals surface area contributed by atoms with E-state index in [1.54, 1.807) is 26.8 Å². The van der Waals surface area contributed by atoms with E-state index in [1.807, 2.05) is 12.1 Å². The SMILES string of the molecule is CC(C)(C)OC(=O)N[C@H]1C[C@@H](O)CC[C@@H]1Cc1ccc2c(c1)CN(C(CCC(=O)O)C(N)=O)C2=O. The third kappa shape index (κ3) is 6.94. The van der Waals surface area contributed by atoms with Crippen molar-refractivity contribution in [2.75, 3.05) is 0 Å². The van der Waals surface area contributed by atoms with Crippen molar-refractivity contribution in [1.82, 2.24) is 10.2 Å². The van der Waals surface area contributed by atoms with Gasteiger partial charge >= 0.3 is 12.1 Å². The molecular formula is C25H35N3O7. The molecule has 5 N–H and O–H groups in total. The summed E-state index contributed by atoms with van der Waals surface area (Å²) in [6, 6.07) is 4.24. The van der Waals surface area contributed by atoms with E-state index < -0.39 is 35.7 Å². The maximum Gasteiger partial charge on any atom is 0.407 e. The van der Waals surface area contributed by atoms with Crippen LogP contribution in [0.25, 0.3) is 0 Å². The Bertz CT molecular complexity index is 988. The lowest BCUT2D eigenvalue weighted by molar-refractivity contribution is -0.137. The van der Waals surface area contributed by atoms with E-state index in [9.17, 15) is 24.3 Å². The van der Waals surface area contributed by atoms with Crippen LogP contribution >= 0.6 is 0 Å². The lowest BCUT2D eigenvalue weighted by Crippen LogP contribution is -2.47. The van der Waals surface area contributed by atoms with Crippen molar-refractivity contribution in [3.63, 3.8) is 0 Å². The number of alkyl carbamates (subject to hydrolysis) is 1. The molecule has 1 aliphatic heterocycles. The van der Waals surface area contributed by atoms with Crippen molar-refractivity contribution in [2.45, 2.75) is 89.6 Å². The van der Waals surface area contributed by atoms with E-state index in [1.165, 1.54) is 4.90 Å². The molecule has 0 saturated heterocycles. The number of carbonyl (C=O) groups excluding carboxylic acids is 3. The molecule has 1 aromatic carbocycles. The van der Waals surface area contributed by atoms with Gasteiger partial charge in [0.25, 0.3) is 5.91 Å². The molecule has 0 bridgehead atoms. The van der Waals surface area contributed by atoms with Gasteiger partial charge in [-0.05, 0) is 76.0 Å². The van der Waals surface area contributed by atoms with Crippen LogP contribution in [0, 0.1) is 5.92 Å². The number of carboxylic acid groups (broad SMARTS) is 1. The van der Waals surface area contributed by atoms with Crippen molar-refractivity contribution in [3.8, 4) is 0 Å². The van der Waals surface area contributed by atoms with Crippen molar-refractivity contribution in [3.05, 3.63) is 34.9 Å². The first-order valence-electron chi connectivity index (χ1n) is 12.0. The number of nitrogens with one attached hydrogen (secondary N) is 1. The van der Waals surface area contributed by atoms with Crippen LogP contribution in [0.4, 0.5) is 4.79 Å². The topological polar surface area (TPSA) is 159 Å². The van der Waals surface area contributed by atoms with Gasteiger partial charge in [-0.3, -0.25) is 14.4 Å². The summed E-state index contributed by atoms with van der Waals surface area (Å²) < 4.78 is 5.39. The van der Waals surface area contributed by atoms with Gasteiger partial charge in [-0.15, -0.1) is 0 Å². The molecule has 3 rings (SSSR count). The highest BCUT2D eigenvalue weighted by atomic mass is 16.6. The van der Waals surface area contributed by atoms with Crippen LogP contribution in [-0.4, -0.2) is 62.8 Å². The number of nitrogens with two attached hydrogens (primary N) is 1. The highest BCUT2D eigenvalue weighted by molar-refractivity contribution is 6.01. The number of aliphatic carboxylic acids is 1. The average molecular weight is 490 g/mol. The summed E-state index contributed by atoms with van der Waals surface area (Å²) in [5.74, 6) is -2.06. The molecule has 35 heavy (non-hydrogen) atoms. The fourth-order valence-corrected chi connectivity index (χ4v) is 4.88. The predicted octanol–water partition coefficient (Wildman–Crippen LogP) is 1.96. The molecule has 10 nitrogen and oxygen atoms in total. The smallest absolute Gasteiger partial charge is 0.407 e. The number of hydrogen-bond donors (Lipinski definition) is 4. The molecule has 0 aromatic heterocycles. The molecule has 1 aliphatic carbocycles. The molecule has 3 amide bonds. The lowest BCUT2D eigenvalue weighted by atomic mass is 9.79. The van der Waals surface area contributed by atoms with Gasteiger partial charge in [-0.2, -0.15) is 0 Å². The summed E-state index contributed by atoms with van der Waals surface area (Å²) in [5, 5.41) is 22.0. The van der Waals surface area contributed by atoms with Crippen LogP contribution in [0.5, 0.6) is 0 Å². The molecule has 1 fully saturated rings. The van der Waals surface area contributed by atoms with Crippen molar-refractivity contribution in [2.24, 2.45) is 11.7 Å². The molecular weight excluding hydrogens is 454 g/mol. The maximum atomic E-state index is 12.9. The maximum absolute atomic E-state index is 12.9. The molecule has 0 spiro atoms. The minimum Gasteiger partial charge on any atom is -0.481 e. The number of benzene rings is 1. The van der Waals surface area contributed by atoms with Gasteiger partial charge < -0.3 is 30.9 Å². The summed E-state index contributed by atoms with van der Waals surface area (Å²) in [5.41, 5.74) is 7.03. The number of nitrogens with zero attached hydrogens (tertiary/aromatic N) is 1. The van der Waals surface area contributed by atoms with Crippen molar-refractivity contribution >= 4 is 23.9 Å². The first-order chi connectivity index (χ1) is 16.3. The molecule has 4 atom stereocenters. The number of aliphatic hydroxyl groups excluding tert-OH is 1. The molecule has 192 valence electrons. The zero-order valence-electron chi connectivity index (χ0n) is 20.5. The van der Waals surface area contributed by atoms with Gasteiger partial charge in [0.1, 0.15) is 11.6 Å². The fraction of sp³-hybridized carbons (Fsp3) is 0.600. The molecule has 10 heteroatoms. The highest BCUT2D eigenvalue weighted by Gasteiger charge is 2.36. The van der Waals surface area contributed by atoms with Crippen LogP contribution in [0.3, 0.4) is 0 Å². The van der Waals surface area contributed by atoms with E-state index in [-0.39, 0.29) is 37.3 Å². The van der Waals surface area contributed by atoms with Gasteiger partial charge in [-0.25, -0.2) is 4.79 Å². The second-order valence-electron chi connectivity index (χ2n) is 10.5. The summed E-state index contributed by atoms with van der Waals surface area (Å²) in [6.07, 6.45) is 1.11. The van der Waals surface area contributed by atoms with Gasteiger partial charge in [0.15, 0.2) is 0 Å². The number of amides is 3. The third-order valence-electron chi connectivity index (χ3n) is 6.50. The number of aliphatic hydroxyl groups is 1. The summed E-state index contributed by atoms with van der Waals surface area (Å²) in [6.45, 7) is 5.55. The monoisotopic (exact) mass is 489 g/mol. The molecule has 2 aliphatic rings. The second-order valence-corrected chi connectivity index (χ2v) is 10.5. The van der Waals surface area contributed by atoms with Gasteiger partial charge in [-0.1, -0.05) is 12.1 Å². The Kier molecular flexibility index (Phi) is 8.04. The molecule has 1 heterocycles. The first-order valence-corrected chi connectivity index (χ1v) is 12.0. The minimum atomic E-state index is -1.06. The molecule has 1 unspecified atom stereocenters. The third-order valence-corrected chi connectivity index (χ3v) is 6.50. The molecule has 0 radical (unpaired) electrons. The minimum absolute atomic E-state index is 0.0420. The van der Waals surface area contributed by atoms with Crippen LogP contribution in [0.15, 0.2) is 18.2 Å². The number of fused-ring (bicyclic) bond motifs is 1. The Hall–Kier alpha value is -3.14. The highest BCUT2D eigenvalue weighted by Crippen LogP contribution is 2.31. The summed E-state index contributed by atoms with van der Waals surface area (Å²) in [7, 11) is 0. The Balaban J connectivity index is 1.72. The van der Waals surface area contributed by atoms with E-state index >= 15 is 0 Å². The fourth-order valence-electron chi connectivity index (χ4n) is 4.88. The zero-order valence-corrected chi connectivity index (χ0v) is 20.5. The second kappa shape index (κ2) is 10.6. The van der Waals surface area contributed by atoms with E-state index in [2.05, 4.69) is 5.32 Å². The van der Waals surface area contributed by atoms with E-state index in [4.69, 9.17) is 15.6 Å². The van der Waals surface area contributed by atoms with Gasteiger partial charge in [0, 0.05) is 24.6 Å². The number of ether oxygens (including phenoxy) is 1. The van der Waals surface area contributed by atoms with E-state index in [0.29, 0.717) is 24.8 Å². The predicted molar refractivity (Wildman–Crippen MR) is 126 cm³/mol. The average Bonchev–Trinajstić information content (AvgIpc) is 3.04. The Morgan fingerprint density at radius 1 is 1.26 bits per heavy atom. The standard InChI is InChI=1S/C25H35N3O7/c1-25(2,3)35-24(34)27-19-12-17(29)6-5-15(19)10-14-4-7-18-16(11-14)13-28(23(18)33)20(22(26)32)8-9-21(30)31/h4,7,11,15,17,19-20,29H,5-6,8-10,12-13H2,1-3H3,(H2,26,32)(H,27,34)(H,30,31)/t15-,17+,19+,20?/m1/s1. The Labute approximate surface area is 204 Å². The summed E-state index contributed by atoms with van der Waals surface area (Å²) in [4.78, 5) is 49.5. The van der Waals surface area contributed by atoms with Crippen LogP contribution < -0.4 is 11.1 Å². The number of hydrogen-bond acceptors (Lipinski definition) is 6. The van der Waals surface area contributed by atoms with Gasteiger partial charge in [0.2, 0.25) is 5.91 Å².